The van der Waals surface area contributed by atoms with Gasteiger partial charge in [0.2, 0.25) is 5.91 Å². The van der Waals surface area contributed by atoms with Gasteiger partial charge in [-0.2, -0.15) is 0 Å². The highest BCUT2D eigenvalue weighted by Crippen LogP contribution is 2.19. The SMILES string of the molecule is O=C1CCCCCN1Cc1cc(Br)ccc1F. The van der Waals surface area contributed by atoms with Gasteiger partial charge in [0, 0.05) is 29.5 Å². The summed E-state index contributed by atoms with van der Waals surface area (Å²) in [5.74, 6) is -0.105. The van der Waals surface area contributed by atoms with Crippen molar-refractivity contribution in [2.24, 2.45) is 0 Å². The molecule has 1 aliphatic rings. The summed E-state index contributed by atoms with van der Waals surface area (Å²) in [5.41, 5.74) is 0.578. The highest BCUT2D eigenvalue weighted by atomic mass is 79.9. The molecular weight excluding hydrogens is 285 g/mol. The molecule has 1 aromatic carbocycles. The van der Waals surface area contributed by atoms with Gasteiger partial charge in [0.25, 0.3) is 0 Å². The van der Waals surface area contributed by atoms with Gasteiger partial charge in [-0.05, 0) is 31.0 Å². The third-order valence-corrected chi connectivity index (χ3v) is 3.53. The lowest BCUT2D eigenvalue weighted by Gasteiger charge is -2.20. The Morgan fingerprint density at radius 3 is 2.94 bits per heavy atom. The van der Waals surface area contributed by atoms with Crippen molar-refractivity contribution >= 4 is 21.8 Å². The molecule has 1 heterocycles. The molecule has 0 aliphatic carbocycles. The second-order valence-electron chi connectivity index (χ2n) is 4.36. The van der Waals surface area contributed by atoms with Gasteiger partial charge in [0.15, 0.2) is 0 Å². The van der Waals surface area contributed by atoms with Crippen LogP contribution >= 0.6 is 15.9 Å². The summed E-state index contributed by atoms with van der Waals surface area (Å²) in [6.07, 6.45) is 3.65. The molecule has 2 rings (SSSR count). The minimum absolute atomic E-state index is 0.141. The number of nitrogens with zero attached hydrogens (tertiary/aromatic N) is 1. The highest BCUT2D eigenvalue weighted by molar-refractivity contribution is 9.10. The van der Waals surface area contributed by atoms with Crippen LogP contribution < -0.4 is 0 Å². The Morgan fingerprint density at radius 1 is 1.29 bits per heavy atom. The van der Waals surface area contributed by atoms with E-state index in [9.17, 15) is 9.18 Å². The van der Waals surface area contributed by atoms with Gasteiger partial charge < -0.3 is 4.90 Å². The third-order valence-electron chi connectivity index (χ3n) is 3.04. The molecular formula is C13H15BrFNO. The normalized spacial score (nSPS) is 17.1. The van der Waals surface area contributed by atoms with Crippen molar-refractivity contribution in [3.63, 3.8) is 0 Å². The molecule has 0 aromatic heterocycles. The Bertz CT molecular complexity index is 422. The predicted octanol–water partition coefficient (Wildman–Crippen LogP) is 3.49. The van der Waals surface area contributed by atoms with Crippen molar-refractivity contribution in [3.05, 3.63) is 34.1 Å². The zero-order chi connectivity index (χ0) is 12.3. The van der Waals surface area contributed by atoms with Gasteiger partial charge >= 0.3 is 0 Å². The van der Waals surface area contributed by atoms with E-state index in [0.717, 1.165) is 30.3 Å². The van der Waals surface area contributed by atoms with Crippen LogP contribution in [-0.4, -0.2) is 17.4 Å². The summed E-state index contributed by atoms with van der Waals surface area (Å²) in [5, 5.41) is 0. The van der Waals surface area contributed by atoms with Gasteiger partial charge in [-0.25, -0.2) is 4.39 Å². The molecule has 1 amide bonds. The molecule has 0 bridgehead atoms. The number of carbonyl (C=O) groups excluding carboxylic acids is 1. The Hall–Kier alpha value is -0.900. The maximum Gasteiger partial charge on any atom is 0.222 e. The first-order chi connectivity index (χ1) is 8.16. The molecule has 0 radical (unpaired) electrons. The standard InChI is InChI=1S/C13H15BrFNO/c14-11-5-6-12(15)10(8-11)9-16-7-3-1-2-4-13(16)17/h5-6,8H,1-4,7,9H2. The zero-order valence-corrected chi connectivity index (χ0v) is 11.2. The van der Waals surface area contributed by atoms with Crippen molar-refractivity contribution in [2.75, 3.05) is 6.54 Å². The second-order valence-corrected chi connectivity index (χ2v) is 5.28. The van der Waals surface area contributed by atoms with Crippen LogP contribution in [-0.2, 0) is 11.3 Å². The van der Waals surface area contributed by atoms with Crippen LogP contribution in [0.2, 0.25) is 0 Å². The molecule has 2 nitrogen and oxygen atoms in total. The minimum atomic E-state index is -0.245. The van der Waals surface area contributed by atoms with Crippen molar-refractivity contribution in [2.45, 2.75) is 32.2 Å². The lowest BCUT2D eigenvalue weighted by Crippen LogP contribution is -2.30. The molecule has 0 spiro atoms. The van der Waals surface area contributed by atoms with E-state index in [1.807, 2.05) is 0 Å². The summed E-state index contributed by atoms with van der Waals surface area (Å²) in [7, 11) is 0. The first-order valence-corrected chi connectivity index (χ1v) is 6.68. The predicted molar refractivity (Wildman–Crippen MR) is 68.0 cm³/mol. The van der Waals surface area contributed by atoms with Crippen LogP contribution in [0.1, 0.15) is 31.2 Å². The van der Waals surface area contributed by atoms with E-state index in [1.54, 1.807) is 17.0 Å². The van der Waals surface area contributed by atoms with Gasteiger partial charge in [0.1, 0.15) is 5.82 Å². The fourth-order valence-electron chi connectivity index (χ4n) is 2.08. The molecule has 0 saturated carbocycles. The monoisotopic (exact) mass is 299 g/mol. The Labute approximate surface area is 109 Å². The van der Waals surface area contributed by atoms with Gasteiger partial charge in [-0.15, -0.1) is 0 Å². The number of halogens is 2. The molecule has 1 fully saturated rings. The summed E-state index contributed by atoms with van der Waals surface area (Å²) in [4.78, 5) is 13.6. The first kappa shape index (κ1) is 12.6. The number of hydrogen-bond acceptors (Lipinski definition) is 1. The lowest BCUT2D eigenvalue weighted by molar-refractivity contribution is -0.131. The maximum atomic E-state index is 13.6. The smallest absolute Gasteiger partial charge is 0.222 e. The van der Waals surface area contributed by atoms with Crippen molar-refractivity contribution in [1.82, 2.24) is 4.90 Å². The highest BCUT2D eigenvalue weighted by Gasteiger charge is 2.18. The zero-order valence-electron chi connectivity index (χ0n) is 9.59. The van der Waals surface area contributed by atoms with E-state index in [-0.39, 0.29) is 11.7 Å². The fourth-order valence-corrected chi connectivity index (χ4v) is 2.48. The van der Waals surface area contributed by atoms with E-state index >= 15 is 0 Å². The summed E-state index contributed by atoms with van der Waals surface area (Å²) < 4.78 is 14.4. The Kier molecular flexibility index (Phi) is 4.15. The summed E-state index contributed by atoms with van der Waals surface area (Å²) in [6, 6.07) is 4.85. The van der Waals surface area contributed by atoms with Crippen LogP contribution in [0.15, 0.2) is 22.7 Å². The summed E-state index contributed by atoms with van der Waals surface area (Å²) in [6.45, 7) is 1.12. The van der Waals surface area contributed by atoms with Crippen LogP contribution in [0.25, 0.3) is 0 Å². The van der Waals surface area contributed by atoms with E-state index in [1.165, 1.54) is 6.07 Å². The fraction of sp³-hybridized carbons (Fsp3) is 0.462. The van der Waals surface area contributed by atoms with Gasteiger partial charge in [-0.3, -0.25) is 4.79 Å². The number of benzene rings is 1. The number of amides is 1. The molecule has 0 unspecified atom stereocenters. The molecule has 0 atom stereocenters. The quantitative estimate of drug-likeness (QED) is 0.818. The Morgan fingerprint density at radius 2 is 2.12 bits per heavy atom. The largest absolute Gasteiger partial charge is 0.338 e. The molecule has 1 aromatic rings. The number of rotatable bonds is 2. The molecule has 1 saturated heterocycles. The van der Waals surface area contributed by atoms with Crippen molar-refractivity contribution in [3.8, 4) is 0 Å². The van der Waals surface area contributed by atoms with Crippen LogP contribution in [0, 0.1) is 5.82 Å². The van der Waals surface area contributed by atoms with E-state index in [0.29, 0.717) is 18.5 Å². The molecule has 0 N–H and O–H groups in total. The minimum Gasteiger partial charge on any atom is -0.338 e. The lowest BCUT2D eigenvalue weighted by atomic mass is 10.2. The topological polar surface area (TPSA) is 20.3 Å². The van der Waals surface area contributed by atoms with Crippen LogP contribution in [0.3, 0.4) is 0 Å². The van der Waals surface area contributed by atoms with Crippen LogP contribution in [0.5, 0.6) is 0 Å². The van der Waals surface area contributed by atoms with Crippen molar-refractivity contribution in [1.29, 1.82) is 0 Å². The number of hydrogen-bond donors (Lipinski definition) is 0. The average molecular weight is 300 g/mol. The summed E-state index contributed by atoms with van der Waals surface area (Å²) >= 11 is 3.32. The third kappa shape index (κ3) is 3.28. The maximum absolute atomic E-state index is 13.6. The Balaban J connectivity index is 2.13. The average Bonchev–Trinajstić information content (AvgIpc) is 2.50. The van der Waals surface area contributed by atoms with E-state index in [4.69, 9.17) is 0 Å². The molecule has 1 aliphatic heterocycles. The van der Waals surface area contributed by atoms with E-state index in [2.05, 4.69) is 15.9 Å². The molecule has 17 heavy (non-hydrogen) atoms. The molecule has 92 valence electrons. The van der Waals surface area contributed by atoms with Gasteiger partial charge in [-0.1, -0.05) is 22.4 Å². The van der Waals surface area contributed by atoms with Crippen molar-refractivity contribution < 1.29 is 9.18 Å². The molecule has 4 heteroatoms. The van der Waals surface area contributed by atoms with Gasteiger partial charge in [0.05, 0.1) is 0 Å². The number of likely N-dealkylation sites (tertiary alicyclic amines) is 1. The second kappa shape index (κ2) is 5.63. The van der Waals surface area contributed by atoms with E-state index < -0.39 is 0 Å². The first-order valence-electron chi connectivity index (χ1n) is 5.88. The van der Waals surface area contributed by atoms with Crippen LogP contribution in [0.4, 0.5) is 4.39 Å². The number of carbonyl (C=O) groups is 1.